The number of carbonyl (C=O) groups is 1. The van der Waals surface area contributed by atoms with Gasteiger partial charge in [-0.05, 0) is 24.7 Å². The van der Waals surface area contributed by atoms with E-state index in [2.05, 4.69) is 17.1 Å². The molecule has 0 aromatic heterocycles. The molecular formula is C16H31N3O. The van der Waals surface area contributed by atoms with Crippen LogP contribution in [-0.4, -0.2) is 43.0 Å². The number of hydrogen-bond donors (Lipinski definition) is 2. The highest BCUT2D eigenvalue weighted by atomic mass is 16.1. The van der Waals surface area contributed by atoms with Crippen molar-refractivity contribution >= 4 is 5.91 Å². The van der Waals surface area contributed by atoms with E-state index in [0.717, 1.165) is 26.2 Å². The molecule has 1 aliphatic carbocycles. The van der Waals surface area contributed by atoms with Gasteiger partial charge in [0.05, 0.1) is 6.04 Å². The Morgan fingerprint density at radius 3 is 2.45 bits per heavy atom. The Morgan fingerprint density at radius 1 is 1.25 bits per heavy atom. The number of primary amides is 1. The number of rotatable bonds is 6. The van der Waals surface area contributed by atoms with Crippen molar-refractivity contribution < 1.29 is 4.79 Å². The van der Waals surface area contributed by atoms with E-state index in [1.54, 1.807) is 0 Å². The summed E-state index contributed by atoms with van der Waals surface area (Å²) in [5.74, 6) is -0.0927. The second kappa shape index (κ2) is 7.41. The van der Waals surface area contributed by atoms with Crippen molar-refractivity contribution in [2.75, 3.05) is 26.2 Å². The van der Waals surface area contributed by atoms with E-state index in [1.165, 1.54) is 51.4 Å². The van der Waals surface area contributed by atoms with Gasteiger partial charge in [-0.3, -0.25) is 9.69 Å². The van der Waals surface area contributed by atoms with Gasteiger partial charge in [0.1, 0.15) is 0 Å². The van der Waals surface area contributed by atoms with Crippen LogP contribution in [0.4, 0.5) is 0 Å². The molecule has 3 N–H and O–H groups in total. The summed E-state index contributed by atoms with van der Waals surface area (Å²) >= 11 is 0. The van der Waals surface area contributed by atoms with Gasteiger partial charge in [0, 0.05) is 26.2 Å². The standard InChI is InChI=1S/C16H31N3O/c1-2-3-7-16(8-5-4-6-9-16)14(15(17)20)19-12-10-18-11-13-19/h14,18H,2-13H2,1H3,(H2,17,20). The summed E-state index contributed by atoms with van der Waals surface area (Å²) in [6.45, 7) is 6.12. The fourth-order valence-electron chi connectivity index (χ4n) is 4.25. The second-order valence-electron chi connectivity index (χ2n) is 6.62. The highest BCUT2D eigenvalue weighted by molar-refractivity contribution is 5.81. The lowest BCUT2D eigenvalue weighted by Crippen LogP contribution is -2.60. The van der Waals surface area contributed by atoms with Crippen molar-refractivity contribution in [1.29, 1.82) is 0 Å². The molecule has 1 saturated carbocycles. The average Bonchev–Trinajstić information content (AvgIpc) is 2.47. The summed E-state index contributed by atoms with van der Waals surface area (Å²) < 4.78 is 0. The summed E-state index contributed by atoms with van der Waals surface area (Å²) in [5.41, 5.74) is 6.00. The van der Waals surface area contributed by atoms with Crippen LogP contribution in [0.2, 0.25) is 0 Å². The van der Waals surface area contributed by atoms with Crippen LogP contribution in [0.1, 0.15) is 58.3 Å². The zero-order valence-electron chi connectivity index (χ0n) is 13.0. The van der Waals surface area contributed by atoms with E-state index in [0.29, 0.717) is 0 Å². The topological polar surface area (TPSA) is 58.4 Å². The Morgan fingerprint density at radius 2 is 1.90 bits per heavy atom. The van der Waals surface area contributed by atoms with E-state index >= 15 is 0 Å². The molecule has 0 bridgehead atoms. The normalized spacial score (nSPS) is 25.2. The van der Waals surface area contributed by atoms with Gasteiger partial charge in [0.2, 0.25) is 5.91 Å². The lowest BCUT2D eigenvalue weighted by Gasteiger charge is -2.48. The van der Waals surface area contributed by atoms with Crippen LogP contribution in [-0.2, 0) is 4.79 Å². The zero-order chi connectivity index (χ0) is 14.4. The molecule has 0 spiro atoms. The van der Waals surface area contributed by atoms with E-state index in [1.807, 2.05) is 0 Å². The number of nitrogens with zero attached hydrogens (tertiary/aromatic N) is 1. The second-order valence-corrected chi connectivity index (χ2v) is 6.62. The highest BCUT2D eigenvalue weighted by Gasteiger charge is 2.45. The maximum absolute atomic E-state index is 12.2. The summed E-state index contributed by atoms with van der Waals surface area (Å²) in [6.07, 6.45) is 9.81. The number of piperazine rings is 1. The molecule has 1 aliphatic heterocycles. The summed E-state index contributed by atoms with van der Waals surface area (Å²) in [7, 11) is 0. The molecule has 116 valence electrons. The van der Waals surface area contributed by atoms with Crippen LogP contribution in [0.3, 0.4) is 0 Å². The third-order valence-electron chi connectivity index (χ3n) is 5.24. The molecule has 4 nitrogen and oxygen atoms in total. The third kappa shape index (κ3) is 3.53. The van der Waals surface area contributed by atoms with Gasteiger partial charge in [-0.15, -0.1) is 0 Å². The van der Waals surface area contributed by atoms with Crippen LogP contribution >= 0.6 is 0 Å². The van der Waals surface area contributed by atoms with Crippen LogP contribution in [0.5, 0.6) is 0 Å². The maximum atomic E-state index is 12.2. The first-order valence-electron chi connectivity index (χ1n) is 8.44. The lowest BCUT2D eigenvalue weighted by atomic mass is 9.65. The van der Waals surface area contributed by atoms with Crippen molar-refractivity contribution in [3.8, 4) is 0 Å². The summed E-state index contributed by atoms with van der Waals surface area (Å²) in [4.78, 5) is 14.6. The van der Waals surface area contributed by atoms with Crippen LogP contribution in [0.15, 0.2) is 0 Å². The minimum atomic E-state index is -0.0927. The molecule has 1 amide bonds. The number of carbonyl (C=O) groups excluding carboxylic acids is 1. The minimum absolute atomic E-state index is 0.0450. The Labute approximate surface area is 123 Å². The quantitative estimate of drug-likeness (QED) is 0.781. The molecule has 2 fully saturated rings. The largest absolute Gasteiger partial charge is 0.368 e. The van der Waals surface area contributed by atoms with Crippen LogP contribution < -0.4 is 11.1 Å². The minimum Gasteiger partial charge on any atom is -0.368 e. The smallest absolute Gasteiger partial charge is 0.235 e. The van der Waals surface area contributed by atoms with Crippen molar-refractivity contribution in [1.82, 2.24) is 10.2 Å². The molecular weight excluding hydrogens is 250 g/mol. The third-order valence-corrected chi connectivity index (χ3v) is 5.24. The van der Waals surface area contributed by atoms with E-state index in [-0.39, 0.29) is 17.4 Å². The van der Waals surface area contributed by atoms with Gasteiger partial charge in [0.25, 0.3) is 0 Å². The fraction of sp³-hybridized carbons (Fsp3) is 0.938. The Hall–Kier alpha value is -0.610. The molecule has 2 aliphatic rings. The van der Waals surface area contributed by atoms with Crippen molar-refractivity contribution in [2.45, 2.75) is 64.3 Å². The fourth-order valence-corrected chi connectivity index (χ4v) is 4.25. The number of nitrogens with one attached hydrogen (secondary N) is 1. The van der Waals surface area contributed by atoms with Gasteiger partial charge < -0.3 is 11.1 Å². The van der Waals surface area contributed by atoms with Gasteiger partial charge in [-0.25, -0.2) is 0 Å². The van der Waals surface area contributed by atoms with E-state index in [4.69, 9.17) is 5.73 Å². The predicted molar refractivity (Wildman–Crippen MR) is 82.5 cm³/mol. The van der Waals surface area contributed by atoms with E-state index < -0.39 is 0 Å². The molecule has 1 heterocycles. The molecule has 0 aromatic carbocycles. The molecule has 4 heteroatoms. The molecule has 1 saturated heterocycles. The summed E-state index contributed by atoms with van der Waals surface area (Å²) in [5, 5.41) is 3.37. The highest BCUT2D eigenvalue weighted by Crippen LogP contribution is 2.45. The molecule has 1 unspecified atom stereocenters. The van der Waals surface area contributed by atoms with Gasteiger partial charge in [-0.2, -0.15) is 0 Å². The van der Waals surface area contributed by atoms with E-state index in [9.17, 15) is 4.79 Å². The number of unbranched alkanes of at least 4 members (excludes halogenated alkanes) is 1. The number of amides is 1. The first-order valence-corrected chi connectivity index (χ1v) is 8.44. The first-order chi connectivity index (χ1) is 9.69. The maximum Gasteiger partial charge on any atom is 0.235 e. The van der Waals surface area contributed by atoms with Crippen molar-refractivity contribution in [3.05, 3.63) is 0 Å². The van der Waals surface area contributed by atoms with Gasteiger partial charge >= 0.3 is 0 Å². The van der Waals surface area contributed by atoms with Gasteiger partial charge in [-0.1, -0.05) is 39.0 Å². The van der Waals surface area contributed by atoms with Crippen molar-refractivity contribution in [2.24, 2.45) is 11.1 Å². The number of nitrogens with two attached hydrogens (primary N) is 1. The monoisotopic (exact) mass is 281 g/mol. The predicted octanol–water partition coefficient (Wildman–Crippen LogP) is 1.89. The summed E-state index contributed by atoms with van der Waals surface area (Å²) in [6, 6.07) is -0.0450. The zero-order valence-corrected chi connectivity index (χ0v) is 13.0. The van der Waals surface area contributed by atoms with Crippen LogP contribution in [0.25, 0.3) is 0 Å². The molecule has 20 heavy (non-hydrogen) atoms. The lowest BCUT2D eigenvalue weighted by molar-refractivity contribution is -0.130. The Kier molecular flexibility index (Phi) is 5.85. The molecule has 1 atom stereocenters. The Balaban J connectivity index is 2.18. The van der Waals surface area contributed by atoms with Gasteiger partial charge in [0.15, 0.2) is 0 Å². The molecule has 0 radical (unpaired) electrons. The number of hydrogen-bond acceptors (Lipinski definition) is 3. The SMILES string of the molecule is CCCCC1(C(C(N)=O)N2CCNCC2)CCCCC1. The Bertz CT molecular complexity index is 307. The average molecular weight is 281 g/mol. The first kappa shape index (κ1) is 15.8. The van der Waals surface area contributed by atoms with Crippen LogP contribution in [0, 0.1) is 5.41 Å². The molecule has 0 aromatic rings. The molecule has 2 rings (SSSR count). The van der Waals surface area contributed by atoms with Crippen molar-refractivity contribution in [3.63, 3.8) is 0 Å².